The molecule has 0 unspecified atom stereocenters. The van der Waals surface area contributed by atoms with E-state index in [0.29, 0.717) is 24.2 Å². The van der Waals surface area contributed by atoms with E-state index < -0.39 is 11.9 Å². The van der Waals surface area contributed by atoms with Gasteiger partial charge in [0.05, 0.1) is 12.7 Å². The molecule has 4 rings (SSSR count). The molecule has 0 bridgehead atoms. The lowest BCUT2D eigenvalue weighted by Crippen LogP contribution is -2.56. The molecule has 0 heterocycles. The largest absolute Gasteiger partial charge is 0.481 e. The molecule has 3 fully saturated rings. The van der Waals surface area contributed by atoms with Crippen molar-refractivity contribution in [2.24, 2.45) is 34.5 Å². The molecule has 0 aromatic carbocycles. The standard InChI is InChI=1S/C20H30O3.2C3H6O2/c1-12-9-14(22)10-13-3-4-15-16-5-6-18(23)19(16,2)8-7-17(15)20(12,13)11-21;2*1-2-3(4)5/h10,12,15-18,21,23H,3-9,11H2,1-2H3;2*2H2,1H3,(H,4,5)/t12-,15-,16-,17-,18+,19-,20-;;/m0../s1. The minimum Gasteiger partial charge on any atom is -0.481 e. The Morgan fingerprint density at radius 1 is 1.03 bits per heavy atom. The number of hydrogen-bond donors (Lipinski definition) is 4. The Morgan fingerprint density at radius 2 is 1.61 bits per heavy atom. The molecule has 7 heteroatoms. The first-order valence-corrected chi connectivity index (χ1v) is 12.4. The van der Waals surface area contributed by atoms with Crippen molar-refractivity contribution in [1.82, 2.24) is 0 Å². The number of hydrogen-bond acceptors (Lipinski definition) is 5. The van der Waals surface area contributed by atoms with Crippen LogP contribution in [0.3, 0.4) is 0 Å². The molecular formula is C26H42O7. The van der Waals surface area contributed by atoms with Crippen molar-refractivity contribution < 1.29 is 34.8 Å². The minimum absolute atomic E-state index is 0.0761. The number of carbonyl (C=O) groups is 3. The van der Waals surface area contributed by atoms with E-state index in [0.717, 1.165) is 38.5 Å². The molecule has 4 aliphatic rings. The lowest BCUT2D eigenvalue weighted by molar-refractivity contribution is -0.137. The molecule has 3 saturated carbocycles. The summed E-state index contributed by atoms with van der Waals surface area (Å²) in [4.78, 5) is 30.8. The molecule has 0 aliphatic heterocycles. The van der Waals surface area contributed by atoms with Gasteiger partial charge in [0.2, 0.25) is 0 Å². The van der Waals surface area contributed by atoms with Crippen LogP contribution in [0.4, 0.5) is 0 Å². The number of fused-ring (bicyclic) bond motifs is 5. The van der Waals surface area contributed by atoms with Gasteiger partial charge in [-0.25, -0.2) is 0 Å². The van der Waals surface area contributed by atoms with Crippen LogP contribution >= 0.6 is 0 Å². The summed E-state index contributed by atoms with van der Waals surface area (Å²) in [7, 11) is 0. The average molecular weight is 467 g/mol. The molecule has 0 amide bonds. The number of carboxylic acid groups (broad SMARTS) is 2. The predicted octanol–water partition coefficient (Wildman–Crippen LogP) is 4.06. The normalized spacial score (nSPS) is 38.8. The van der Waals surface area contributed by atoms with Gasteiger partial charge < -0.3 is 20.4 Å². The first kappa shape index (κ1) is 27.5. The van der Waals surface area contributed by atoms with Crippen LogP contribution in [0.15, 0.2) is 11.6 Å². The molecule has 0 saturated heterocycles. The third-order valence-corrected chi connectivity index (χ3v) is 8.98. The van der Waals surface area contributed by atoms with Crippen LogP contribution in [0.1, 0.15) is 85.5 Å². The predicted molar refractivity (Wildman–Crippen MR) is 125 cm³/mol. The van der Waals surface area contributed by atoms with Crippen molar-refractivity contribution in [2.45, 2.75) is 91.6 Å². The molecule has 0 radical (unpaired) electrons. The van der Waals surface area contributed by atoms with Gasteiger partial charge in [-0.15, -0.1) is 0 Å². The van der Waals surface area contributed by atoms with Gasteiger partial charge in [-0.3, -0.25) is 14.4 Å². The molecule has 7 nitrogen and oxygen atoms in total. The van der Waals surface area contributed by atoms with E-state index in [4.69, 9.17) is 10.2 Å². The Morgan fingerprint density at radius 3 is 2.12 bits per heavy atom. The third kappa shape index (κ3) is 5.35. The summed E-state index contributed by atoms with van der Waals surface area (Å²) in [5.74, 6) is 0.668. The first-order chi connectivity index (χ1) is 15.5. The molecule has 7 atom stereocenters. The summed E-state index contributed by atoms with van der Waals surface area (Å²) in [6, 6.07) is 0. The quantitative estimate of drug-likeness (QED) is 0.493. The Kier molecular flexibility index (Phi) is 9.28. The van der Waals surface area contributed by atoms with Crippen molar-refractivity contribution in [3.63, 3.8) is 0 Å². The van der Waals surface area contributed by atoms with Crippen LogP contribution in [0.5, 0.6) is 0 Å². The number of ketones is 1. The van der Waals surface area contributed by atoms with E-state index in [1.54, 1.807) is 13.8 Å². The number of carboxylic acids is 2. The van der Waals surface area contributed by atoms with Gasteiger partial charge in [0.1, 0.15) is 0 Å². The van der Waals surface area contributed by atoms with Crippen LogP contribution in [0.25, 0.3) is 0 Å². The number of aliphatic hydroxyl groups is 2. The number of aliphatic carboxylic acids is 2. The zero-order valence-electron chi connectivity index (χ0n) is 20.5. The highest BCUT2D eigenvalue weighted by atomic mass is 16.4. The maximum atomic E-state index is 12.0. The van der Waals surface area contributed by atoms with E-state index in [9.17, 15) is 24.6 Å². The third-order valence-electron chi connectivity index (χ3n) is 8.98. The van der Waals surface area contributed by atoms with Crippen molar-refractivity contribution in [2.75, 3.05) is 6.61 Å². The average Bonchev–Trinajstić information content (AvgIpc) is 3.08. The highest BCUT2D eigenvalue weighted by molar-refractivity contribution is 5.92. The van der Waals surface area contributed by atoms with Gasteiger partial charge in [-0.2, -0.15) is 0 Å². The lowest BCUT2D eigenvalue weighted by atomic mass is 9.45. The Balaban J connectivity index is 0.000000327. The van der Waals surface area contributed by atoms with Crippen LogP contribution in [0.2, 0.25) is 0 Å². The van der Waals surface area contributed by atoms with Gasteiger partial charge >= 0.3 is 11.9 Å². The van der Waals surface area contributed by atoms with Crippen molar-refractivity contribution in [3.8, 4) is 0 Å². The molecule has 33 heavy (non-hydrogen) atoms. The fourth-order valence-corrected chi connectivity index (χ4v) is 7.10. The minimum atomic E-state index is -0.745. The molecule has 0 aromatic heterocycles. The van der Waals surface area contributed by atoms with Gasteiger partial charge in [0, 0.05) is 24.7 Å². The van der Waals surface area contributed by atoms with Crippen molar-refractivity contribution >= 4 is 17.7 Å². The van der Waals surface area contributed by atoms with Gasteiger partial charge in [0.25, 0.3) is 0 Å². The van der Waals surface area contributed by atoms with Crippen LogP contribution in [-0.4, -0.2) is 50.9 Å². The Hall–Kier alpha value is -1.73. The maximum absolute atomic E-state index is 12.0. The van der Waals surface area contributed by atoms with Gasteiger partial charge in [-0.05, 0) is 73.7 Å². The fraction of sp³-hybridized carbons (Fsp3) is 0.808. The summed E-state index contributed by atoms with van der Waals surface area (Å²) in [5, 5.41) is 36.4. The summed E-state index contributed by atoms with van der Waals surface area (Å²) < 4.78 is 0. The lowest BCUT2D eigenvalue weighted by Gasteiger charge is -2.60. The Bertz CT molecular complexity index is 746. The van der Waals surface area contributed by atoms with E-state index in [1.807, 2.05) is 6.08 Å². The summed E-state index contributed by atoms with van der Waals surface area (Å²) in [5.41, 5.74) is 1.13. The summed E-state index contributed by atoms with van der Waals surface area (Å²) in [6.07, 6.45) is 9.05. The maximum Gasteiger partial charge on any atom is 0.303 e. The van der Waals surface area contributed by atoms with Crippen LogP contribution < -0.4 is 0 Å². The van der Waals surface area contributed by atoms with E-state index in [-0.39, 0.29) is 48.1 Å². The second kappa shape index (κ2) is 11.1. The van der Waals surface area contributed by atoms with Crippen LogP contribution in [-0.2, 0) is 14.4 Å². The fourth-order valence-electron chi connectivity index (χ4n) is 7.10. The highest BCUT2D eigenvalue weighted by Crippen LogP contribution is 2.66. The molecule has 0 aromatic rings. The van der Waals surface area contributed by atoms with E-state index >= 15 is 0 Å². The molecule has 4 aliphatic carbocycles. The number of carbonyl (C=O) groups excluding carboxylic acids is 1. The van der Waals surface area contributed by atoms with Gasteiger partial charge in [-0.1, -0.05) is 33.3 Å². The van der Waals surface area contributed by atoms with Crippen molar-refractivity contribution in [1.29, 1.82) is 0 Å². The topological polar surface area (TPSA) is 132 Å². The molecule has 0 spiro atoms. The number of aliphatic hydroxyl groups excluding tert-OH is 2. The molecule has 188 valence electrons. The molecule has 4 N–H and O–H groups in total. The smallest absolute Gasteiger partial charge is 0.303 e. The molecular weight excluding hydrogens is 424 g/mol. The highest BCUT2D eigenvalue weighted by Gasteiger charge is 2.61. The van der Waals surface area contributed by atoms with Crippen LogP contribution in [0, 0.1) is 34.5 Å². The zero-order chi connectivity index (χ0) is 25.0. The first-order valence-electron chi connectivity index (χ1n) is 12.4. The zero-order valence-corrected chi connectivity index (χ0v) is 20.5. The van der Waals surface area contributed by atoms with Crippen molar-refractivity contribution in [3.05, 3.63) is 11.6 Å². The summed E-state index contributed by atoms with van der Waals surface area (Å²) in [6.45, 7) is 7.84. The summed E-state index contributed by atoms with van der Waals surface area (Å²) >= 11 is 0. The monoisotopic (exact) mass is 466 g/mol. The SMILES string of the molecule is CCC(=O)O.CCC(=O)O.C[C@H]1CC(=O)C=C2CC[C@H]3[C@@H]4CC[C@@H](O)[C@@]4(C)CC[C@@H]3[C@]21CO. The second-order valence-electron chi connectivity index (χ2n) is 10.5. The van der Waals surface area contributed by atoms with Gasteiger partial charge in [0.15, 0.2) is 5.78 Å². The number of rotatable bonds is 3. The second-order valence-corrected chi connectivity index (χ2v) is 10.5. The Labute approximate surface area is 197 Å². The van der Waals surface area contributed by atoms with E-state index in [2.05, 4.69) is 13.8 Å². The van der Waals surface area contributed by atoms with E-state index in [1.165, 1.54) is 5.57 Å².